The Morgan fingerprint density at radius 1 is 1.35 bits per heavy atom. The van der Waals surface area contributed by atoms with Gasteiger partial charge in [-0.15, -0.1) is 0 Å². The van der Waals surface area contributed by atoms with Gasteiger partial charge in [0.15, 0.2) is 15.7 Å². The molecule has 17 heavy (non-hydrogen) atoms. The van der Waals surface area contributed by atoms with Gasteiger partial charge in [0.2, 0.25) is 0 Å². The third kappa shape index (κ3) is 1.99. The van der Waals surface area contributed by atoms with Gasteiger partial charge in [0, 0.05) is 13.1 Å². The van der Waals surface area contributed by atoms with Gasteiger partial charge in [-0.05, 0) is 12.8 Å². The van der Waals surface area contributed by atoms with Crippen LogP contribution in [0.15, 0.2) is 10.7 Å². The van der Waals surface area contributed by atoms with Crippen molar-refractivity contribution >= 4 is 9.84 Å². The van der Waals surface area contributed by atoms with Crippen LogP contribution < -0.4 is 5.32 Å². The third-order valence-electron chi connectivity index (χ3n) is 3.58. The van der Waals surface area contributed by atoms with Crippen molar-refractivity contribution in [3.05, 3.63) is 17.8 Å². The van der Waals surface area contributed by atoms with E-state index >= 15 is 0 Å². The molecule has 2 aliphatic heterocycles. The van der Waals surface area contributed by atoms with Crippen LogP contribution in [0.1, 0.15) is 42.0 Å². The minimum absolute atomic E-state index is 0.283. The van der Waals surface area contributed by atoms with Crippen molar-refractivity contribution in [2.75, 3.05) is 18.8 Å². The fourth-order valence-electron chi connectivity index (χ4n) is 2.39. The summed E-state index contributed by atoms with van der Waals surface area (Å²) in [4.78, 5) is 4.37. The fourth-order valence-corrected chi connectivity index (χ4v) is 4.28. The summed E-state index contributed by atoms with van der Waals surface area (Å²) in [7, 11) is -3.02. The van der Waals surface area contributed by atoms with E-state index in [2.05, 4.69) is 10.3 Å². The quantitative estimate of drug-likeness (QED) is 0.854. The minimum atomic E-state index is -3.02. The maximum atomic E-state index is 12.0. The van der Waals surface area contributed by atoms with Crippen LogP contribution in [0.5, 0.6) is 0 Å². The summed E-state index contributed by atoms with van der Waals surface area (Å²) in [5.74, 6) is 1.28. The van der Waals surface area contributed by atoms with E-state index in [9.17, 15) is 8.42 Å². The number of nitrogens with zero attached hydrogens (tertiary/aromatic N) is 1. The molecule has 0 bridgehead atoms. The summed E-state index contributed by atoms with van der Waals surface area (Å²) in [6.45, 7) is 1.74. The van der Waals surface area contributed by atoms with Gasteiger partial charge in [0.05, 0.1) is 17.4 Å². The van der Waals surface area contributed by atoms with E-state index in [4.69, 9.17) is 4.42 Å². The lowest BCUT2D eigenvalue weighted by atomic mass is 10.0. The first-order valence-corrected chi connectivity index (χ1v) is 7.76. The maximum absolute atomic E-state index is 12.0. The van der Waals surface area contributed by atoms with Crippen LogP contribution in [-0.4, -0.2) is 32.2 Å². The van der Waals surface area contributed by atoms with Crippen LogP contribution >= 0.6 is 0 Å². The van der Waals surface area contributed by atoms with Gasteiger partial charge in [0.25, 0.3) is 0 Å². The Morgan fingerprint density at radius 2 is 2.18 bits per heavy atom. The molecule has 1 unspecified atom stereocenters. The van der Waals surface area contributed by atoms with Crippen molar-refractivity contribution in [2.45, 2.75) is 30.4 Å². The van der Waals surface area contributed by atoms with Crippen LogP contribution in [-0.2, 0) is 9.84 Å². The number of nitrogens with one attached hydrogen (secondary N) is 1. The van der Waals surface area contributed by atoms with E-state index < -0.39 is 15.1 Å². The number of hydrogen-bond acceptors (Lipinski definition) is 5. The van der Waals surface area contributed by atoms with Gasteiger partial charge in [-0.3, -0.25) is 0 Å². The Morgan fingerprint density at radius 3 is 2.82 bits per heavy atom. The fraction of sp³-hybridized carbons (Fsp3) is 0.727. The van der Waals surface area contributed by atoms with Gasteiger partial charge >= 0.3 is 0 Å². The number of hydrogen-bond donors (Lipinski definition) is 1. The lowest BCUT2D eigenvalue weighted by Crippen LogP contribution is -2.40. The Labute approximate surface area is 101 Å². The normalized spacial score (nSPS) is 28.8. The van der Waals surface area contributed by atoms with Gasteiger partial charge in [0.1, 0.15) is 11.5 Å². The van der Waals surface area contributed by atoms with Crippen LogP contribution in [0, 0.1) is 0 Å². The molecule has 2 saturated heterocycles. The highest BCUT2D eigenvalue weighted by Gasteiger charge is 2.34. The minimum Gasteiger partial charge on any atom is -0.448 e. The first-order chi connectivity index (χ1) is 8.17. The molecule has 1 aromatic heterocycles. The van der Waals surface area contributed by atoms with E-state index in [1.807, 2.05) is 0 Å². The molecule has 94 valence electrons. The number of aromatic nitrogens is 1. The molecule has 1 N–H and O–H groups in total. The summed E-state index contributed by atoms with van der Waals surface area (Å²) in [5.41, 5.74) is 0.603. The van der Waals surface area contributed by atoms with E-state index in [1.165, 1.54) is 6.26 Å². The summed E-state index contributed by atoms with van der Waals surface area (Å²) in [5, 5.41) is 2.70. The smallest absolute Gasteiger partial charge is 0.199 e. The molecule has 1 aromatic rings. The van der Waals surface area contributed by atoms with E-state index in [0.29, 0.717) is 23.9 Å². The Hall–Kier alpha value is -0.880. The van der Waals surface area contributed by atoms with Crippen molar-refractivity contribution in [3.8, 4) is 0 Å². The zero-order valence-corrected chi connectivity index (χ0v) is 10.4. The number of oxazole rings is 1. The zero-order chi connectivity index (χ0) is 11.9. The van der Waals surface area contributed by atoms with Crippen LogP contribution in [0.3, 0.4) is 0 Å². The second-order valence-corrected chi connectivity index (χ2v) is 7.12. The molecular weight excluding hydrogens is 240 g/mol. The molecule has 0 aromatic carbocycles. The predicted molar refractivity (Wildman–Crippen MR) is 62.5 cm³/mol. The molecule has 5 nitrogen and oxygen atoms in total. The monoisotopic (exact) mass is 256 g/mol. The molecule has 0 saturated carbocycles. The Bertz CT molecular complexity index is 505. The zero-order valence-electron chi connectivity index (χ0n) is 9.55. The summed E-state index contributed by atoms with van der Waals surface area (Å²) >= 11 is 0. The molecule has 0 radical (unpaired) electrons. The number of rotatable bonds is 2. The van der Waals surface area contributed by atoms with Crippen LogP contribution in [0.2, 0.25) is 0 Å². The first kappa shape index (κ1) is 11.2. The van der Waals surface area contributed by atoms with Gasteiger partial charge in [-0.1, -0.05) is 6.42 Å². The molecule has 0 spiro atoms. The van der Waals surface area contributed by atoms with E-state index in [-0.39, 0.29) is 5.75 Å². The molecule has 1 atom stereocenters. The maximum Gasteiger partial charge on any atom is 0.199 e. The van der Waals surface area contributed by atoms with Crippen molar-refractivity contribution in [3.63, 3.8) is 0 Å². The molecule has 6 heteroatoms. The van der Waals surface area contributed by atoms with Gasteiger partial charge in [-0.25, -0.2) is 13.4 Å². The second-order valence-electron chi connectivity index (χ2n) is 4.82. The Balaban J connectivity index is 1.85. The SMILES string of the molecule is O=S1(=O)CCCCC1c1coc(C2CNC2)n1. The highest BCUT2D eigenvalue weighted by molar-refractivity contribution is 7.91. The van der Waals surface area contributed by atoms with Crippen LogP contribution in [0.25, 0.3) is 0 Å². The summed E-state index contributed by atoms with van der Waals surface area (Å²) < 4.78 is 29.3. The lowest BCUT2D eigenvalue weighted by molar-refractivity contribution is 0.357. The van der Waals surface area contributed by atoms with Crippen molar-refractivity contribution < 1.29 is 12.8 Å². The average Bonchev–Trinajstić information content (AvgIpc) is 2.63. The van der Waals surface area contributed by atoms with Crippen molar-refractivity contribution in [2.24, 2.45) is 0 Å². The van der Waals surface area contributed by atoms with E-state index in [0.717, 1.165) is 25.9 Å². The molecule has 3 heterocycles. The molecule has 2 aliphatic rings. The molecule has 3 rings (SSSR count). The number of sulfone groups is 1. The molecule has 0 aliphatic carbocycles. The van der Waals surface area contributed by atoms with Gasteiger partial charge < -0.3 is 9.73 Å². The molecule has 0 amide bonds. The van der Waals surface area contributed by atoms with Crippen LogP contribution in [0.4, 0.5) is 0 Å². The standard InChI is InChI=1S/C11H16N2O3S/c14-17(15)4-2-1-3-10(17)9-7-16-11(13-9)8-5-12-6-8/h7-8,10,12H,1-6H2. The van der Waals surface area contributed by atoms with Crippen molar-refractivity contribution in [1.82, 2.24) is 10.3 Å². The lowest BCUT2D eigenvalue weighted by Gasteiger charge is -2.23. The highest BCUT2D eigenvalue weighted by atomic mass is 32.2. The largest absolute Gasteiger partial charge is 0.448 e. The van der Waals surface area contributed by atoms with Crippen molar-refractivity contribution in [1.29, 1.82) is 0 Å². The Kier molecular flexibility index (Phi) is 2.71. The topological polar surface area (TPSA) is 72.2 Å². The molecule has 2 fully saturated rings. The molecular formula is C11H16N2O3S. The van der Waals surface area contributed by atoms with Gasteiger partial charge in [-0.2, -0.15) is 0 Å². The predicted octanol–water partition coefficient (Wildman–Crippen LogP) is 1.00. The summed E-state index contributed by atoms with van der Waals surface area (Å²) in [6, 6.07) is 0. The first-order valence-electron chi connectivity index (χ1n) is 6.04. The van der Waals surface area contributed by atoms with E-state index in [1.54, 1.807) is 0 Å². The average molecular weight is 256 g/mol. The second kappa shape index (κ2) is 4.10. The third-order valence-corrected chi connectivity index (χ3v) is 5.78. The summed E-state index contributed by atoms with van der Waals surface area (Å²) in [6.07, 6.45) is 3.94. The highest BCUT2D eigenvalue weighted by Crippen LogP contribution is 2.33.